The highest BCUT2D eigenvalue weighted by atomic mass is 35.5. The van der Waals surface area contributed by atoms with E-state index in [1.807, 2.05) is 0 Å². The molecule has 0 unspecified atom stereocenters. The van der Waals surface area contributed by atoms with E-state index in [4.69, 9.17) is 27.9 Å². The Kier molecular flexibility index (Phi) is 4.37. The first kappa shape index (κ1) is 14.5. The minimum absolute atomic E-state index is 0.0734. The van der Waals surface area contributed by atoms with Crippen LogP contribution in [0.15, 0.2) is 36.4 Å². The largest absolute Gasteiger partial charge is 0.506 e. The summed E-state index contributed by atoms with van der Waals surface area (Å²) in [4.78, 5) is 12.0. The van der Waals surface area contributed by atoms with Gasteiger partial charge in [-0.3, -0.25) is 4.79 Å². The quantitative estimate of drug-likeness (QED) is 0.902. The van der Waals surface area contributed by atoms with Gasteiger partial charge in [0.15, 0.2) is 0 Å². The maximum absolute atomic E-state index is 12.0. The summed E-state index contributed by atoms with van der Waals surface area (Å²) in [5, 5.41) is 12.5. The van der Waals surface area contributed by atoms with Gasteiger partial charge in [0.2, 0.25) is 0 Å². The summed E-state index contributed by atoms with van der Waals surface area (Å²) < 4.78 is 5.03. The lowest BCUT2D eigenvalue weighted by Crippen LogP contribution is -2.11. The Morgan fingerprint density at radius 3 is 2.50 bits per heavy atom. The summed E-state index contributed by atoms with van der Waals surface area (Å²) in [6, 6.07) is 9.13. The molecule has 0 aliphatic heterocycles. The van der Waals surface area contributed by atoms with Crippen molar-refractivity contribution in [2.45, 2.75) is 0 Å². The van der Waals surface area contributed by atoms with Crippen LogP contribution >= 0.6 is 23.2 Å². The van der Waals surface area contributed by atoms with Crippen LogP contribution in [0.1, 0.15) is 10.4 Å². The van der Waals surface area contributed by atoms with E-state index < -0.39 is 0 Å². The third-order valence-corrected chi connectivity index (χ3v) is 3.22. The van der Waals surface area contributed by atoms with E-state index in [2.05, 4.69) is 5.32 Å². The van der Waals surface area contributed by atoms with Crippen molar-refractivity contribution in [2.24, 2.45) is 0 Å². The van der Waals surface area contributed by atoms with Crippen LogP contribution in [-0.2, 0) is 0 Å². The number of carbonyl (C=O) groups is 1. The van der Waals surface area contributed by atoms with Crippen LogP contribution in [0.3, 0.4) is 0 Å². The Morgan fingerprint density at radius 2 is 1.90 bits per heavy atom. The first-order valence-electron chi connectivity index (χ1n) is 5.64. The number of phenolic OH excluding ortho intramolecular Hbond substituents is 1. The van der Waals surface area contributed by atoms with Gasteiger partial charge in [0.1, 0.15) is 11.5 Å². The van der Waals surface area contributed by atoms with Gasteiger partial charge in [-0.15, -0.1) is 0 Å². The molecule has 0 aromatic heterocycles. The van der Waals surface area contributed by atoms with E-state index in [1.54, 1.807) is 18.2 Å². The molecule has 20 heavy (non-hydrogen) atoms. The van der Waals surface area contributed by atoms with Gasteiger partial charge in [0, 0.05) is 11.3 Å². The van der Waals surface area contributed by atoms with Gasteiger partial charge in [-0.25, -0.2) is 0 Å². The standard InChI is InChI=1S/C14H11Cl2NO3/c1-20-13-5-3-9(7-11(13)16)17-14(19)8-2-4-12(18)10(15)6-8/h2-7,18H,1H3,(H,17,19). The lowest BCUT2D eigenvalue weighted by atomic mass is 10.2. The highest BCUT2D eigenvalue weighted by molar-refractivity contribution is 6.33. The van der Waals surface area contributed by atoms with Gasteiger partial charge in [-0.05, 0) is 36.4 Å². The summed E-state index contributed by atoms with van der Waals surface area (Å²) >= 11 is 11.7. The van der Waals surface area contributed by atoms with E-state index in [9.17, 15) is 9.90 Å². The van der Waals surface area contributed by atoms with Crippen LogP contribution in [-0.4, -0.2) is 18.1 Å². The van der Waals surface area contributed by atoms with Crippen molar-refractivity contribution >= 4 is 34.8 Å². The maximum atomic E-state index is 12.0. The molecule has 104 valence electrons. The SMILES string of the molecule is COc1ccc(NC(=O)c2ccc(O)c(Cl)c2)cc1Cl. The lowest BCUT2D eigenvalue weighted by molar-refractivity contribution is 0.102. The number of benzene rings is 2. The Balaban J connectivity index is 2.19. The molecule has 2 N–H and O–H groups in total. The minimum Gasteiger partial charge on any atom is -0.506 e. The predicted octanol–water partition coefficient (Wildman–Crippen LogP) is 3.96. The number of hydrogen-bond donors (Lipinski definition) is 2. The number of halogens is 2. The molecule has 0 heterocycles. The fourth-order valence-corrected chi connectivity index (χ4v) is 2.03. The molecule has 2 aromatic rings. The molecular weight excluding hydrogens is 301 g/mol. The van der Waals surface area contributed by atoms with Gasteiger partial charge >= 0.3 is 0 Å². The predicted molar refractivity (Wildman–Crippen MR) is 79.1 cm³/mol. The van der Waals surface area contributed by atoms with Gasteiger partial charge in [-0.2, -0.15) is 0 Å². The Labute approximate surface area is 125 Å². The number of ether oxygens (including phenoxy) is 1. The highest BCUT2D eigenvalue weighted by Gasteiger charge is 2.10. The third kappa shape index (κ3) is 3.15. The second-order valence-corrected chi connectivity index (χ2v) is 4.78. The topological polar surface area (TPSA) is 58.6 Å². The van der Waals surface area contributed by atoms with Crippen molar-refractivity contribution in [3.63, 3.8) is 0 Å². The summed E-state index contributed by atoms with van der Waals surface area (Å²) in [7, 11) is 1.51. The number of anilines is 1. The molecule has 6 heteroatoms. The summed E-state index contributed by atoms with van der Waals surface area (Å²) in [5.41, 5.74) is 0.865. The number of rotatable bonds is 3. The monoisotopic (exact) mass is 311 g/mol. The Morgan fingerprint density at radius 1 is 1.15 bits per heavy atom. The van der Waals surface area contributed by atoms with Gasteiger partial charge in [0.25, 0.3) is 5.91 Å². The molecule has 0 fully saturated rings. The van der Waals surface area contributed by atoms with Crippen LogP contribution in [0.25, 0.3) is 0 Å². The molecule has 0 radical (unpaired) electrons. The van der Waals surface area contributed by atoms with Crippen LogP contribution in [0.5, 0.6) is 11.5 Å². The van der Waals surface area contributed by atoms with E-state index in [0.717, 1.165) is 0 Å². The Hall–Kier alpha value is -1.91. The van der Waals surface area contributed by atoms with Gasteiger partial charge < -0.3 is 15.2 Å². The van der Waals surface area contributed by atoms with Gasteiger partial charge in [-0.1, -0.05) is 23.2 Å². The van der Waals surface area contributed by atoms with Crippen molar-refractivity contribution in [2.75, 3.05) is 12.4 Å². The fraction of sp³-hybridized carbons (Fsp3) is 0.0714. The number of amides is 1. The molecule has 0 spiro atoms. The summed E-state index contributed by atoms with van der Waals surface area (Å²) in [6.45, 7) is 0. The molecule has 0 atom stereocenters. The van der Waals surface area contributed by atoms with E-state index in [-0.39, 0.29) is 16.7 Å². The minimum atomic E-state index is -0.354. The smallest absolute Gasteiger partial charge is 0.255 e. The molecule has 0 saturated carbocycles. The van der Waals surface area contributed by atoms with Crippen LogP contribution in [0, 0.1) is 0 Å². The van der Waals surface area contributed by atoms with Gasteiger partial charge in [0.05, 0.1) is 17.2 Å². The maximum Gasteiger partial charge on any atom is 0.255 e. The number of aromatic hydroxyl groups is 1. The zero-order chi connectivity index (χ0) is 14.7. The van der Waals surface area contributed by atoms with Crippen molar-refractivity contribution < 1.29 is 14.6 Å². The first-order valence-corrected chi connectivity index (χ1v) is 6.40. The zero-order valence-corrected chi connectivity index (χ0v) is 12.0. The van der Waals surface area contributed by atoms with Crippen molar-refractivity contribution in [3.8, 4) is 11.5 Å². The third-order valence-electron chi connectivity index (χ3n) is 2.62. The van der Waals surface area contributed by atoms with E-state index in [0.29, 0.717) is 22.0 Å². The molecule has 4 nitrogen and oxygen atoms in total. The molecular formula is C14H11Cl2NO3. The molecule has 0 aliphatic carbocycles. The molecule has 2 rings (SSSR count). The average Bonchev–Trinajstić information content (AvgIpc) is 2.42. The number of carbonyl (C=O) groups excluding carboxylic acids is 1. The van der Waals surface area contributed by atoms with E-state index in [1.165, 1.54) is 25.3 Å². The summed E-state index contributed by atoms with van der Waals surface area (Å²) in [5.74, 6) is 0.0983. The fourth-order valence-electron chi connectivity index (χ4n) is 1.60. The summed E-state index contributed by atoms with van der Waals surface area (Å²) in [6.07, 6.45) is 0. The van der Waals surface area contributed by atoms with E-state index >= 15 is 0 Å². The highest BCUT2D eigenvalue weighted by Crippen LogP contribution is 2.28. The lowest BCUT2D eigenvalue weighted by Gasteiger charge is -2.08. The molecule has 0 saturated heterocycles. The number of nitrogens with one attached hydrogen (secondary N) is 1. The van der Waals surface area contributed by atoms with Crippen LogP contribution in [0.2, 0.25) is 10.0 Å². The number of hydrogen-bond acceptors (Lipinski definition) is 3. The average molecular weight is 312 g/mol. The van der Waals surface area contributed by atoms with Crippen molar-refractivity contribution in [1.29, 1.82) is 0 Å². The molecule has 2 aromatic carbocycles. The molecule has 0 bridgehead atoms. The molecule has 0 aliphatic rings. The first-order chi connectivity index (χ1) is 9.51. The van der Waals surface area contributed by atoms with Crippen molar-refractivity contribution in [3.05, 3.63) is 52.0 Å². The second-order valence-electron chi connectivity index (χ2n) is 3.97. The zero-order valence-electron chi connectivity index (χ0n) is 10.5. The normalized spacial score (nSPS) is 10.2. The number of phenols is 1. The molecule has 1 amide bonds. The van der Waals surface area contributed by atoms with Crippen LogP contribution < -0.4 is 10.1 Å². The Bertz CT molecular complexity index is 659. The number of methoxy groups -OCH3 is 1. The van der Waals surface area contributed by atoms with Crippen molar-refractivity contribution in [1.82, 2.24) is 0 Å². The van der Waals surface area contributed by atoms with Crippen LogP contribution in [0.4, 0.5) is 5.69 Å². The second kappa shape index (κ2) is 6.03.